The zero-order chi connectivity index (χ0) is 23.3. The van der Waals surface area contributed by atoms with Gasteiger partial charge in [0.1, 0.15) is 6.61 Å². The Labute approximate surface area is 195 Å². The van der Waals surface area contributed by atoms with Crippen LogP contribution >= 0.6 is 11.3 Å². The standard InChI is InChI=1S/C25H36N2O4S/c1-6-13-26(18(2)25(3,4)29)16-24(28)27-14-11-23-19(12-15-32-23)20(27)17-31-22-10-8-7-9-21(22)30-5/h7-10,12,15,18,20,29H,6,11,13-14,16-17H2,1-5H3. The Morgan fingerprint density at radius 1 is 1.31 bits per heavy atom. The predicted molar refractivity (Wildman–Crippen MR) is 129 cm³/mol. The summed E-state index contributed by atoms with van der Waals surface area (Å²) in [4.78, 5) is 18.9. The Balaban J connectivity index is 1.79. The van der Waals surface area contributed by atoms with Crippen LogP contribution in [0.25, 0.3) is 0 Å². The van der Waals surface area contributed by atoms with Gasteiger partial charge in [0.05, 0.1) is 25.3 Å². The molecule has 1 aromatic carbocycles. The van der Waals surface area contributed by atoms with Crippen molar-refractivity contribution < 1.29 is 19.4 Å². The van der Waals surface area contributed by atoms with Crippen LogP contribution in [-0.2, 0) is 11.2 Å². The van der Waals surface area contributed by atoms with Crippen molar-refractivity contribution in [1.29, 1.82) is 0 Å². The van der Waals surface area contributed by atoms with E-state index in [2.05, 4.69) is 23.3 Å². The number of aliphatic hydroxyl groups is 1. The molecule has 7 heteroatoms. The summed E-state index contributed by atoms with van der Waals surface area (Å²) in [5.41, 5.74) is 0.284. The normalized spacial score (nSPS) is 17.2. The van der Waals surface area contributed by atoms with E-state index in [0.717, 1.165) is 19.4 Å². The van der Waals surface area contributed by atoms with Gasteiger partial charge < -0.3 is 19.5 Å². The maximum Gasteiger partial charge on any atom is 0.237 e. The van der Waals surface area contributed by atoms with Crippen molar-refractivity contribution >= 4 is 17.2 Å². The van der Waals surface area contributed by atoms with E-state index in [-0.39, 0.29) is 24.5 Å². The molecule has 2 atom stereocenters. The number of thiophene rings is 1. The summed E-state index contributed by atoms with van der Waals surface area (Å²) in [6, 6.07) is 9.41. The van der Waals surface area contributed by atoms with Gasteiger partial charge in [0, 0.05) is 17.5 Å². The summed E-state index contributed by atoms with van der Waals surface area (Å²) in [5.74, 6) is 1.42. The molecule has 176 valence electrons. The molecule has 0 spiro atoms. The van der Waals surface area contributed by atoms with Crippen LogP contribution in [0.4, 0.5) is 0 Å². The highest BCUT2D eigenvalue weighted by molar-refractivity contribution is 7.10. The Morgan fingerprint density at radius 3 is 2.69 bits per heavy atom. The minimum Gasteiger partial charge on any atom is -0.493 e. The van der Waals surface area contributed by atoms with Crippen molar-refractivity contribution in [2.45, 2.75) is 58.2 Å². The van der Waals surface area contributed by atoms with Crippen molar-refractivity contribution in [2.75, 3.05) is 33.4 Å². The van der Waals surface area contributed by atoms with Crippen LogP contribution in [0, 0.1) is 0 Å². The molecule has 2 aromatic rings. The molecule has 1 aliphatic heterocycles. The highest BCUT2D eigenvalue weighted by Crippen LogP contribution is 2.35. The maximum atomic E-state index is 13.5. The highest BCUT2D eigenvalue weighted by atomic mass is 32.1. The molecule has 1 aliphatic rings. The molecule has 0 radical (unpaired) electrons. The summed E-state index contributed by atoms with van der Waals surface area (Å²) in [6.45, 7) is 9.75. The Hall–Kier alpha value is -2.09. The molecule has 6 nitrogen and oxygen atoms in total. The lowest BCUT2D eigenvalue weighted by atomic mass is 9.98. The predicted octanol–water partition coefficient (Wildman–Crippen LogP) is 4.13. The molecule has 32 heavy (non-hydrogen) atoms. The second-order valence-corrected chi connectivity index (χ2v) is 9.91. The zero-order valence-electron chi connectivity index (χ0n) is 19.8. The summed E-state index contributed by atoms with van der Waals surface area (Å²) < 4.78 is 11.6. The molecular weight excluding hydrogens is 424 g/mol. The lowest BCUT2D eigenvalue weighted by Gasteiger charge is -2.40. The number of benzene rings is 1. The van der Waals surface area contributed by atoms with Crippen LogP contribution in [0.5, 0.6) is 11.5 Å². The van der Waals surface area contributed by atoms with Crippen LogP contribution in [0.15, 0.2) is 35.7 Å². The quantitative estimate of drug-likeness (QED) is 0.578. The van der Waals surface area contributed by atoms with Gasteiger partial charge >= 0.3 is 0 Å². The van der Waals surface area contributed by atoms with E-state index in [1.54, 1.807) is 32.3 Å². The first-order valence-electron chi connectivity index (χ1n) is 11.3. The number of ether oxygens (including phenoxy) is 2. The van der Waals surface area contributed by atoms with Gasteiger partial charge in [-0.15, -0.1) is 11.3 Å². The molecule has 0 aliphatic carbocycles. The van der Waals surface area contributed by atoms with Crippen molar-refractivity contribution in [3.05, 3.63) is 46.2 Å². The third kappa shape index (κ3) is 5.63. The number of hydrogen-bond donors (Lipinski definition) is 1. The Bertz CT molecular complexity index is 892. The minimum absolute atomic E-state index is 0.0695. The highest BCUT2D eigenvalue weighted by Gasteiger charge is 2.35. The molecule has 0 saturated heterocycles. The lowest BCUT2D eigenvalue weighted by molar-refractivity contribution is -0.138. The van der Waals surface area contributed by atoms with Crippen LogP contribution in [0.2, 0.25) is 0 Å². The molecular formula is C25H36N2O4S. The fraction of sp³-hybridized carbons (Fsp3) is 0.560. The first-order valence-corrected chi connectivity index (χ1v) is 12.2. The number of nitrogens with zero attached hydrogens (tertiary/aromatic N) is 2. The van der Waals surface area contributed by atoms with Crippen LogP contribution in [0.1, 0.15) is 50.6 Å². The molecule has 0 saturated carbocycles. The summed E-state index contributed by atoms with van der Waals surface area (Å²) in [7, 11) is 1.63. The van der Waals surface area contributed by atoms with Gasteiger partial charge in [-0.1, -0.05) is 19.1 Å². The number of fused-ring (bicyclic) bond motifs is 1. The average Bonchev–Trinajstić information content (AvgIpc) is 3.25. The van der Waals surface area contributed by atoms with Gasteiger partial charge in [0.15, 0.2) is 11.5 Å². The number of amides is 1. The van der Waals surface area contributed by atoms with Crippen molar-refractivity contribution in [3.63, 3.8) is 0 Å². The number of methoxy groups -OCH3 is 1. The van der Waals surface area contributed by atoms with E-state index in [4.69, 9.17) is 9.47 Å². The minimum atomic E-state index is -0.885. The van der Waals surface area contributed by atoms with Gasteiger partial charge in [-0.05, 0) is 69.3 Å². The number of carbonyl (C=O) groups is 1. The number of hydrogen-bond acceptors (Lipinski definition) is 6. The SMILES string of the molecule is CCCN(CC(=O)N1CCc2sccc2C1COc1ccccc1OC)C(C)C(C)(C)O. The molecule has 1 N–H and O–H groups in total. The number of carbonyl (C=O) groups excluding carboxylic acids is 1. The number of rotatable bonds is 10. The topological polar surface area (TPSA) is 62.2 Å². The largest absolute Gasteiger partial charge is 0.493 e. The van der Waals surface area contributed by atoms with Gasteiger partial charge in [0.25, 0.3) is 0 Å². The third-order valence-electron chi connectivity index (χ3n) is 6.30. The van der Waals surface area contributed by atoms with Crippen LogP contribution in [-0.4, -0.2) is 65.8 Å². The van der Waals surface area contributed by atoms with E-state index in [1.807, 2.05) is 36.1 Å². The zero-order valence-corrected chi connectivity index (χ0v) is 20.7. The van der Waals surface area contributed by atoms with Gasteiger partial charge in [-0.3, -0.25) is 9.69 Å². The summed E-state index contributed by atoms with van der Waals surface area (Å²) in [5, 5.41) is 12.6. The monoisotopic (exact) mass is 460 g/mol. The molecule has 0 bridgehead atoms. The lowest BCUT2D eigenvalue weighted by Crippen LogP contribution is -2.53. The van der Waals surface area contributed by atoms with Crippen LogP contribution in [0.3, 0.4) is 0 Å². The summed E-state index contributed by atoms with van der Waals surface area (Å²) in [6.07, 6.45) is 1.78. The second-order valence-electron chi connectivity index (χ2n) is 8.91. The summed E-state index contributed by atoms with van der Waals surface area (Å²) >= 11 is 1.74. The number of para-hydroxylation sites is 2. The van der Waals surface area contributed by atoms with E-state index >= 15 is 0 Å². The molecule has 1 aromatic heterocycles. The third-order valence-corrected chi connectivity index (χ3v) is 7.30. The van der Waals surface area contributed by atoms with Crippen molar-refractivity contribution in [3.8, 4) is 11.5 Å². The first-order chi connectivity index (χ1) is 15.3. The fourth-order valence-corrected chi connectivity index (χ4v) is 5.12. The Kier molecular flexibility index (Phi) is 8.20. The van der Waals surface area contributed by atoms with Gasteiger partial charge in [0.2, 0.25) is 5.91 Å². The molecule has 1 amide bonds. The molecule has 3 rings (SSSR count). The Morgan fingerprint density at radius 2 is 2.03 bits per heavy atom. The van der Waals surface area contributed by atoms with E-state index in [9.17, 15) is 9.90 Å². The second kappa shape index (κ2) is 10.7. The molecule has 2 unspecified atom stereocenters. The van der Waals surface area contributed by atoms with Crippen LogP contribution < -0.4 is 9.47 Å². The van der Waals surface area contributed by atoms with Crippen molar-refractivity contribution in [1.82, 2.24) is 9.80 Å². The van der Waals surface area contributed by atoms with Gasteiger partial charge in [-0.25, -0.2) is 0 Å². The molecule has 0 fully saturated rings. The van der Waals surface area contributed by atoms with Crippen molar-refractivity contribution in [2.24, 2.45) is 0 Å². The van der Waals surface area contributed by atoms with E-state index in [0.29, 0.717) is 24.7 Å². The molecule has 2 heterocycles. The smallest absolute Gasteiger partial charge is 0.237 e. The fourth-order valence-electron chi connectivity index (χ4n) is 4.19. The van der Waals surface area contributed by atoms with Gasteiger partial charge in [-0.2, -0.15) is 0 Å². The average molecular weight is 461 g/mol. The van der Waals surface area contributed by atoms with E-state index < -0.39 is 5.60 Å². The maximum absolute atomic E-state index is 13.5. The van der Waals surface area contributed by atoms with E-state index in [1.165, 1.54) is 10.4 Å². The first kappa shape index (κ1) is 24.6.